The third kappa shape index (κ3) is 26.7. The van der Waals surface area contributed by atoms with E-state index in [2.05, 4.69) is 645 Å². The largest absolute Gasteiger partial charge is 0.0622 e. The summed E-state index contributed by atoms with van der Waals surface area (Å²) in [7, 11) is 0. The lowest BCUT2D eigenvalue weighted by molar-refractivity contribution is 1.45. The van der Waals surface area contributed by atoms with Gasteiger partial charge in [0.25, 0.3) is 0 Å². The molecule has 0 heteroatoms. The molecule has 26 aromatic carbocycles. The highest BCUT2D eigenvalue weighted by Crippen LogP contribution is 2.38. The predicted molar refractivity (Wildman–Crippen MR) is 650 cm³/mol. The number of fused-ring (bicyclic) bond motifs is 11. The normalized spacial score (nSPS) is 10.6. The number of hydrogen-bond donors (Lipinski definition) is 0. The third-order valence-corrected chi connectivity index (χ3v) is 27.3. The fourth-order valence-corrected chi connectivity index (χ4v) is 19.4. The van der Waals surface area contributed by atoms with Crippen LogP contribution >= 0.6 is 0 Å². The molecule has 0 N–H and O–H groups in total. The van der Waals surface area contributed by atoms with Crippen LogP contribution in [0.4, 0.5) is 0 Å². The lowest BCUT2D eigenvalue weighted by Crippen LogP contribution is -1.86. The number of hydrogen-bond acceptors (Lipinski definition) is 0. The fraction of sp³-hybridized carbons (Fsp3) is 0.0604. The Morgan fingerprint density at radius 1 is 0.0872 bits per heavy atom. The average Bonchev–Trinajstić information content (AvgIpc) is 0.779. The van der Waals surface area contributed by atoms with Crippen molar-refractivity contribution < 1.29 is 0 Å². The Balaban J connectivity index is 0.000000111. The Morgan fingerprint density at radius 3 is 0.839 bits per heavy atom. The van der Waals surface area contributed by atoms with Crippen LogP contribution in [-0.2, 0) is 0 Å². The molecule has 0 aliphatic rings. The van der Waals surface area contributed by atoms with E-state index in [1.807, 2.05) is 6.07 Å². The van der Waals surface area contributed by atoms with Gasteiger partial charge in [-0.1, -0.05) is 586 Å². The van der Waals surface area contributed by atoms with E-state index in [1.54, 1.807) is 0 Å². The zero-order valence-electron chi connectivity index (χ0n) is 86.5. The highest BCUT2D eigenvalue weighted by molar-refractivity contribution is 6.10. The number of rotatable bonds is 9. The van der Waals surface area contributed by atoms with Gasteiger partial charge in [-0.05, 0) is 301 Å². The topological polar surface area (TPSA) is 0 Å². The smallest absolute Gasteiger partial charge is 0.0103 e. The molecule has 0 bridgehead atoms. The van der Waals surface area contributed by atoms with Crippen molar-refractivity contribution in [2.24, 2.45) is 0 Å². The Kier molecular flexibility index (Phi) is 33.8. The summed E-state index contributed by atoms with van der Waals surface area (Å²) in [6.07, 6.45) is 0. The maximum absolute atomic E-state index is 2.28. The quantitative estimate of drug-likeness (QED) is 0.126. The molecule has 720 valence electrons. The van der Waals surface area contributed by atoms with E-state index < -0.39 is 0 Å². The first-order valence-electron chi connectivity index (χ1n) is 51.6. The van der Waals surface area contributed by atoms with E-state index >= 15 is 0 Å². The van der Waals surface area contributed by atoms with Gasteiger partial charge in [0.2, 0.25) is 0 Å². The maximum atomic E-state index is 2.28. The van der Waals surface area contributed by atoms with Gasteiger partial charge >= 0.3 is 0 Å². The SMILES string of the molecule is Cc1cc(-c2ccccc2)cc(-c2ccccc2)c1.Cc1cc2ccccc2c2ccccc12.Cc1ccc(-c2cc(-c3ccccc3)cc(-c3ccccc3)c2)cc1.Cc1ccc(-c2ccccc2)cc1-c1ccccc1.Cc1ccc2c(ccc3ccccc32)c1.Cc1ccc2ccc3ccccc3c2c1.Cc1ccc2ccccc2c1.Cc1cccc(-c2ccc(-c3ccccc3)cc2)c1.Cc1cccc2ccccc12. The van der Waals surface area contributed by atoms with Gasteiger partial charge in [0, 0.05) is 0 Å². The molecule has 0 amide bonds. The number of aryl methyl sites for hydroxylation is 9. The molecule has 149 heavy (non-hydrogen) atoms. The van der Waals surface area contributed by atoms with Gasteiger partial charge in [-0.2, -0.15) is 0 Å². The van der Waals surface area contributed by atoms with Crippen molar-refractivity contribution in [3.05, 3.63) is 639 Å². The van der Waals surface area contributed by atoms with E-state index in [9.17, 15) is 0 Å². The zero-order valence-corrected chi connectivity index (χ0v) is 86.5. The summed E-state index contributed by atoms with van der Waals surface area (Å²) in [5, 5.41) is 21.4. The van der Waals surface area contributed by atoms with Gasteiger partial charge in [-0.25, -0.2) is 0 Å². The van der Waals surface area contributed by atoms with Gasteiger partial charge in [0.1, 0.15) is 0 Å². The van der Waals surface area contributed by atoms with E-state index in [4.69, 9.17) is 0 Å². The van der Waals surface area contributed by atoms with Crippen molar-refractivity contribution >= 4 is 86.2 Å². The van der Waals surface area contributed by atoms with Crippen molar-refractivity contribution in [2.75, 3.05) is 0 Å². The Hall–Kier alpha value is -18.2. The van der Waals surface area contributed by atoms with Crippen LogP contribution in [0.5, 0.6) is 0 Å². The van der Waals surface area contributed by atoms with Gasteiger partial charge in [0.05, 0.1) is 0 Å². The number of benzene rings is 26. The molecule has 0 saturated carbocycles. The fourth-order valence-electron chi connectivity index (χ4n) is 19.4. The molecule has 26 aromatic rings. The van der Waals surface area contributed by atoms with Crippen molar-refractivity contribution in [3.8, 4) is 100 Å². The van der Waals surface area contributed by atoms with Gasteiger partial charge < -0.3 is 0 Å². The van der Waals surface area contributed by atoms with Crippen LogP contribution in [0.15, 0.2) is 588 Å². The molecule has 0 atom stereocenters. The molecule has 0 radical (unpaired) electrons. The molecule has 0 aromatic heterocycles. The minimum absolute atomic E-state index is 1.24. The van der Waals surface area contributed by atoms with Crippen molar-refractivity contribution in [3.63, 3.8) is 0 Å². The second-order valence-corrected chi connectivity index (χ2v) is 38.4. The molecule has 0 spiro atoms. The molecule has 0 nitrogen and oxygen atoms in total. The average molecular weight is 1910 g/mol. The molecular formula is C149H124. The summed E-state index contributed by atoms with van der Waals surface area (Å²) in [4.78, 5) is 0. The standard InChI is InChI=1S/C25H20.3C19H16.3C15H12.2C11H10/c1-19-12-14-22(15-13-19)25-17-23(20-8-4-2-5-9-20)16-24(18-25)21-10-6-3-7-11-21;1-15-12-18(16-8-4-2-5-9-16)14-19(13-15)17-10-6-3-7-11-17;1-15-12-13-18(16-8-4-2-5-9-16)14-19(15)17-10-6-3-7-11-17;1-15-6-5-9-19(14-15)18-12-10-17(11-13-18)16-7-3-2-4-8-16;1-11-10-12-6-2-3-8-14(12)15-9-5-4-7-13(11)15;1-11-6-9-15-13(10-11)8-7-12-4-2-3-5-14(12)15;1-11-6-7-13-9-8-12-4-2-3-5-14(12)15(13)10-11;1-9-5-4-7-10-6-2-3-8-11(9)10;1-9-6-7-10-4-2-3-5-11(10)8-9/h2-18H,1H3;3*2-14H,1H3;3*2-10H,1H3;2*2-8H,1H3. The van der Waals surface area contributed by atoms with E-state index in [-0.39, 0.29) is 0 Å². The summed E-state index contributed by atoms with van der Waals surface area (Å²) < 4.78 is 0. The Bertz CT molecular complexity index is 8760. The van der Waals surface area contributed by atoms with Crippen molar-refractivity contribution in [1.82, 2.24) is 0 Å². The Labute approximate surface area is 880 Å². The molecule has 0 heterocycles. The lowest BCUT2D eigenvalue weighted by atomic mass is 9.93. The van der Waals surface area contributed by atoms with Crippen LogP contribution in [-0.4, -0.2) is 0 Å². The van der Waals surface area contributed by atoms with Crippen LogP contribution < -0.4 is 0 Å². The summed E-state index contributed by atoms with van der Waals surface area (Å²) in [6.45, 7) is 19.3. The minimum Gasteiger partial charge on any atom is -0.0622 e. The van der Waals surface area contributed by atoms with Gasteiger partial charge in [0.15, 0.2) is 0 Å². The van der Waals surface area contributed by atoms with Crippen LogP contribution in [0.1, 0.15) is 50.1 Å². The molecule has 26 rings (SSSR count). The third-order valence-electron chi connectivity index (χ3n) is 27.3. The first-order valence-corrected chi connectivity index (χ1v) is 51.6. The van der Waals surface area contributed by atoms with Crippen LogP contribution in [0.2, 0.25) is 0 Å². The lowest BCUT2D eigenvalue weighted by Gasteiger charge is -2.11. The Morgan fingerprint density at radius 2 is 0.349 bits per heavy atom. The molecule has 0 unspecified atom stereocenters. The van der Waals surface area contributed by atoms with Gasteiger partial charge in [-0.15, -0.1) is 0 Å². The molecule has 0 aliphatic heterocycles. The second-order valence-electron chi connectivity index (χ2n) is 38.4. The monoisotopic (exact) mass is 1910 g/mol. The highest BCUT2D eigenvalue weighted by Gasteiger charge is 2.13. The first-order chi connectivity index (χ1) is 73.1. The first kappa shape index (κ1) is 101. The maximum Gasteiger partial charge on any atom is -0.0103 e. The highest BCUT2D eigenvalue weighted by atomic mass is 14.2. The van der Waals surface area contributed by atoms with E-state index in [0.717, 1.165) is 0 Å². The summed E-state index contributed by atoms with van der Waals surface area (Å²) in [6, 6.07) is 208. The molecule has 0 saturated heterocycles. The van der Waals surface area contributed by atoms with Crippen molar-refractivity contribution in [2.45, 2.75) is 62.3 Å². The summed E-state index contributed by atoms with van der Waals surface area (Å²) >= 11 is 0. The second kappa shape index (κ2) is 49.9. The molecular weight excluding hydrogens is 1790 g/mol. The molecule has 0 aliphatic carbocycles. The predicted octanol–water partition coefficient (Wildman–Crippen LogP) is 42.2. The minimum atomic E-state index is 1.24. The summed E-state index contributed by atoms with van der Waals surface area (Å²) in [5.74, 6) is 0. The van der Waals surface area contributed by atoms with Gasteiger partial charge in [-0.3, -0.25) is 0 Å². The van der Waals surface area contributed by atoms with E-state index in [0.29, 0.717) is 0 Å². The van der Waals surface area contributed by atoms with E-state index in [1.165, 1.54) is 236 Å². The van der Waals surface area contributed by atoms with Crippen LogP contribution in [0.3, 0.4) is 0 Å². The molecule has 0 fully saturated rings. The van der Waals surface area contributed by atoms with Crippen LogP contribution in [0.25, 0.3) is 186 Å². The van der Waals surface area contributed by atoms with Crippen LogP contribution in [0, 0.1) is 62.3 Å². The summed E-state index contributed by atoms with van der Waals surface area (Å²) in [5.41, 5.74) is 34.6. The zero-order chi connectivity index (χ0) is 102. The van der Waals surface area contributed by atoms with Crippen molar-refractivity contribution in [1.29, 1.82) is 0 Å².